The largest absolute Gasteiger partial charge is 0.366 e. The first-order valence-electron chi connectivity index (χ1n) is 4.62. The van der Waals surface area contributed by atoms with Gasteiger partial charge >= 0.3 is 0 Å². The molecule has 0 spiro atoms. The van der Waals surface area contributed by atoms with Crippen molar-refractivity contribution in [3.8, 4) is 0 Å². The quantitative estimate of drug-likeness (QED) is 0.770. The molecule has 1 aliphatic heterocycles. The Morgan fingerprint density at radius 3 is 2.67 bits per heavy atom. The number of hydrogen-bond acceptors (Lipinski definition) is 3. The van der Waals surface area contributed by atoms with Crippen molar-refractivity contribution in [1.29, 1.82) is 0 Å². The lowest BCUT2D eigenvalue weighted by molar-refractivity contribution is -0.114. The van der Waals surface area contributed by atoms with Gasteiger partial charge in [-0.05, 0) is 18.2 Å². The molecule has 0 atom stereocenters. The Kier molecular flexibility index (Phi) is 2.49. The van der Waals surface area contributed by atoms with Gasteiger partial charge in [-0.15, -0.1) is 0 Å². The van der Waals surface area contributed by atoms with Crippen molar-refractivity contribution < 1.29 is 4.79 Å². The van der Waals surface area contributed by atoms with E-state index in [0.717, 1.165) is 5.69 Å². The van der Waals surface area contributed by atoms with Gasteiger partial charge in [0.1, 0.15) is 0 Å². The predicted octanol–water partition coefficient (Wildman–Crippen LogP) is 0.827. The van der Waals surface area contributed by atoms with Crippen molar-refractivity contribution in [2.24, 2.45) is 5.73 Å². The second-order valence-corrected chi connectivity index (χ2v) is 3.20. The average molecular weight is 201 g/mol. The minimum atomic E-state index is -0.388. The highest BCUT2D eigenvalue weighted by Gasteiger charge is 2.09. The van der Waals surface area contributed by atoms with E-state index >= 15 is 0 Å². The number of rotatable bonds is 2. The van der Waals surface area contributed by atoms with Gasteiger partial charge in [-0.1, -0.05) is 6.08 Å². The Bertz CT molecular complexity index is 423. The topological polar surface area (TPSA) is 59.2 Å². The molecule has 2 heterocycles. The summed E-state index contributed by atoms with van der Waals surface area (Å²) >= 11 is 0. The lowest BCUT2D eigenvalue weighted by atomic mass is 10.2. The summed E-state index contributed by atoms with van der Waals surface area (Å²) in [6.07, 6.45) is 8.83. The summed E-state index contributed by atoms with van der Waals surface area (Å²) in [5.74, 6) is -0.388. The Morgan fingerprint density at radius 1 is 1.40 bits per heavy atom. The number of nitrogens with two attached hydrogens (primary N) is 1. The second kappa shape index (κ2) is 3.96. The van der Waals surface area contributed by atoms with Gasteiger partial charge in [-0.3, -0.25) is 9.78 Å². The zero-order chi connectivity index (χ0) is 10.7. The molecule has 2 N–H and O–H groups in total. The zero-order valence-corrected chi connectivity index (χ0v) is 8.13. The Labute approximate surface area is 87.7 Å². The Balaban J connectivity index is 2.14. The summed E-state index contributed by atoms with van der Waals surface area (Å²) in [4.78, 5) is 16.8. The van der Waals surface area contributed by atoms with Crippen molar-refractivity contribution in [1.82, 2.24) is 4.98 Å². The SMILES string of the molecule is NC(=O)C1=CCN(c2ccncc2)C=C1. The van der Waals surface area contributed by atoms with Crippen LogP contribution in [0.15, 0.2) is 48.5 Å². The van der Waals surface area contributed by atoms with Crippen molar-refractivity contribution in [2.75, 3.05) is 11.4 Å². The van der Waals surface area contributed by atoms with Crippen LogP contribution < -0.4 is 10.6 Å². The molecule has 4 nitrogen and oxygen atoms in total. The fraction of sp³-hybridized carbons (Fsp3) is 0.0909. The van der Waals surface area contributed by atoms with Crippen LogP contribution in [0.25, 0.3) is 0 Å². The molecule has 0 radical (unpaired) electrons. The average Bonchev–Trinajstić information content (AvgIpc) is 2.30. The highest BCUT2D eigenvalue weighted by molar-refractivity contribution is 5.95. The fourth-order valence-corrected chi connectivity index (χ4v) is 1.41. The number of anilines is 1. The second-order valence-electron chi connectivity index (χ2n) is 3.20. The molecule has 0 saturated carbocycles. The molecule has 1 amide bonds. The predicted molar refractivity (Wildman–Crippen MR) is 58.0 cm³/mol. The summed E-state index contributed by atoms with van der Waals surface area (Å²) in [6, 6.07) is 3.82. The minimum Gasteiger partial charge on any atom is -0.366 e. The van der Waals surface area contributed by atoms with Crippen LogP contribution in [-0.4, -0.2) is 17.4 Å². The first kappa shape index (κ1) is 9.45. The molecule has 0 saturated heterocycles. The molecule has 76 valence electrons. The molecule has 0 fully saturated rings. The number of pyridine rings is 1. The Hall–Kier alpha value is -2.10. The Morgan fingerprint density at radius 2 is 2.13 bits per heavy atom. The van der Waals surface area contributed by atoms with E-state index < -0.39 is 0 Å². The van der Waals surface area contributed by atoms with Crippen LogP contribution in [0.4, 0.5) is 5.69 Å². The van der Waals surface area contributed by atoms with Crippen molar-refractivity contribution in [2.45, 2.75) is 0 Å². The van der Waals surface area contributed by atoms with Gasteiger partial charge in [-0.2, -0.15) is 0 Å². The third-order valence-electron chi connectivity index (χ3n) is 2.22. The highest BCUT2D eigenvalue weighted by Crippen LogP contribution is 2.16. The van der Waals surface area contributed by atoms with Gasteiger partial charge in [0.15, 0.2) is 0 Å². The van der Waals surface area contributed by atoms with E-state index in [4.69, 9.17) is 5.73 Å². The lowest BCUT2D eigenvalue weighted by Crippen LogP contribution is -2.23. The standard InChI is InChI=1S/C11H11N3O/c12-11(15)9-3-7-14(8-4-9)10-1-5-13-6-2-10/h1-7H,8H2,(H2,12,15). The first-order valence-corrected chi connectivity index (χ1v) is 4.62. The van der Waals surface area contributed by atoms with Crippen LogP contribution in [0.2, 0.25) is 0 Å². The van der Waals surface area contributed by atoms with Crippen LogP contribution in [0.3, 0.4) is 0 Å². The molecule has 0 aromatic carbocycles. The molecule has 0 aliphatic carbocycles. The number of nitrogens with zero attached hydrogens (tertiary/aromatic N) is 2. The summed E-state index contributed by atoms with van der Waals surface area (Å²) in [5, 5.41) is 0. The third kappa shape index (κ3) is 2.04. The summed E-state index contributed by atoms with van der Waals surface area (Å²) < 4.78 is 0. The van der Waals surface area contributed by atoms with E-state index in [2.05, 4.69) is 4.98 Å². The maximum atomic E-state index is 10.9. The third-order valence-corrected chi connectivity index (χ3v) is 2.22. The van der Waals surface area contributed by atoms with Crippen molar-refractivity contribution in [3.63, 3.8) is 0 Å². The number of carbonyl (C=O) groups excluding carboxylic acids is 1. The number of carbonyl (C=O) groups is 1. The molecule has 1 aromatic heterocycles. The minimum absolute atomic E-state index is 0.388. The highest BCUT2D eigenvalue weighted by atomic mass is 16.1. The van der Waals surface area contributed by atoms with Crippen LogP contribution in [0, 0.1) is 0 Å². The lowest BCUT2D eigenvalue weighted by Gasteiger charge is -2.21. The van der Waals surface area contributed by atoms with E-state index in [9.17, 15) is 4.79 Å². The van der Waals surface area contributed by atoms with Crippen molar-refractivity contribution in [3.05, 3.63) is 48.5 Å². The molecule has 1 aliphatic rings. The van der Waals surface area contributed by atoms with Gasteiger partial charge < -0.3 is 10.6 Å². The molecular weight excluding hydrogens is 190 g/mol. The fourth-order valence-electron chi connectivity index (χ4n) is 1.41. The maximum Gasteiger partial charge on any atom is 0.248 e. The maximum absolute atomic E-state index is 10.9. The molecule has 4 heteroatoms. The molecule has 0 bridgehead atoms. The van der Waals surface area contributed by atoms with Crippen LogP contribution in [0.5, 0.6) is 0 Å². The van der Waals surface area contributed by atoms with Gasteiger partial charge in [0.25, 0.3) is 0 Å². The summed E-state index contributed by atoms with van der Waals surface area (Å²) in [6.45, 7) is 0.652. The summed E-state index contributed by atoms with van der Waals surface area (Å²) in [5.41, 5.74) is 6.76. The smallest absolute Gasteiger partial charge is 0.248 e. The molecule has 15 heavy (non-hydrogen) atoms. The molecule has 1 aromatic rings. The van der Waals surface area contributed by atoms with Crippen molar-refractivity contribution >= 4 is 11.6 Å². The molecule has 0 unspecified atom stereocenters. The molecule has 2 rings (SSSR count). The van der Waals surface area contributed by atoms with E-state index in [-0.39, 0.29) is 5.91 Å². The molecular formula is C11H11N3O. The van der Waals surface area contributed by atoms with E-state index in [1.807, 2.05) is 29.3 Å². The van der Waals surface area contributed by atoms with Gasteiger partial charge in [0.05, 0.1) is 0 Å². The van der Waals surface area contributed by atoms with E-state index in [0.29, 0.717) is 12.1 Å². The zero-order valence-electron chi connectivity index (χ0n) is 8.13. The van der Waals surface area contributed by atoms with Crippen LogP contribution >= 0.6 is 0 Å². The number of amides is 1. The number of aromatic nitrogens is 1. The van der Waals surface area contributed by atoms with Gasteiger partial charge in [0, 0.05) is 36.4 Å². The van der Waals surface area contributed by atoms with Crippen LogP contribution in [-0.2, 0) is 4.79 Å². The number of primary amides is 1. The normalized spacial score (nSPS) is 14.9. The van der Waals surface area contributed by atoms with E-state index in [1.54, 1.807) is 18.5 Å². The first-order chi connectivity index (χ1) is 7.27. The number of hydrogen-bond donors (Lipinski definition) is 1. The van der Waals surface area contributed by atoms with Gasteiger partial charge in [0.2, 0.25) is 5.91 Å². The van der Waals surface area contributed by atoms with E-state index in [1.165, 1.54) is 0 Å². The van der Waals surface area contributed by atoms with Gasteiger partial charge in [-0.25, -0.2) is 0 Å². The van der Waals surface area contributed by atoms with Crippen LogP contribution in [0.1, 0.15) is 0 Å². The summed E-state index contributed by atoms with van der Waals surface area (Å²) in [7, 11) is 0. The monoisotopic (exact) mass is 201 g/mol.